The third-order valence-corrected chi connectivity index (χ3v) is 14.6. The van der Waals surface area contributed by atoms with Crippen molar-refractivity contribution in [1.82, 2.24) is 19.5 Å². The summed E-state index contributed by atoms with van der Waals surface area (Å²) in [5.74, 6) is 1.87. The summed E-state index contributed by atoms with van der Waals surface area (Å²) in [6.45, 7) is 0. The molecule has 0 aliphatic carbocycles. The molecule has 282 valence electrons. The summed E-state index contributed by atoms with van der Waals surface area (Å²) in [6.07, 6.45) is 0. The third-order valence-electron chi connectivity index (χ3n) is 14.6. The van der Waals surface area contributed by atoms with Crippen molar-refractivity contribution in [2.45, 2.75) is 0 Å². The highest BCUT2D eigenvalue weighted by Crippen LogP contribution is 2.36. The maximum atomic E-state index is 6.83. The second kappa shape index (κ2) is 14.8. The van der Waals surface area contributed by atoms with Crippen LogP contribution in [-0.2, 0) is 0 Å². The van der Waals surface area contributed by atoms with E-state index in [-0.39, 0.29) is 0 Å². The van der Waals surface area contributed by atoms with Crippen molar-refractivity contribution in [2.24, 2.45) is 0 Å². The molecule has 0 unspecified atom stereocenters. The number of aromatic nitrogens is 4. The largest absolute Gasteiger partial charge is 0.456 e. The number of nitrogens with zero attached hydrogens (tertiary/aromatic N) is 4. The number of hydrogen-bond acceptors (Lipinski definition) is 4. The Labute approximate surface area is 373 Å². The van der Waals surface area contributed by atoms with Crippen molar-refractivity contribution in [3.05, 3.63) is 97.1 Å². The predicted octanol–water partition coefficient (Wildman–Crippen LogP) is -9.36. The fraction of sp³-hybridized carbons (Fsp3) is 0. The van der Waals surface area contributed by atoms with Crippen LogP contribution in [0.2, 0.25) is 0 Å². The molecule has 3 heterocycles. The van der Waals surface area contributed by atoms with Gasteiger partial charge < -0.3 is 8.98 Å². The summed E-state index contributed by atoms with van der Waals surface area (Å²) in [7, 11) is 27.7. The van der Waals surface area contributed by atoms with E-state index >= 15 is 0 Å². The molecule has 0 saturated carbocycles. The highest BCUT2D eigenvalue weighted by molar-refractivity contribution is 6.72. The van der Waals surface area contributed by atoms with Gasteiger partial charge >= 0.3 is 0 Å². The lowest BCUT2D eigenvalue weighted by atomic mass is 9.57. The molecule has 0 radical (unpaired) electrons. The highest BCUT2D eigenvalue weighted by atomic mass is 16.3. The zero-order valence-electron chi connectivity index (χ0n) is 37.9. The maximum absolute atomic E-state index is 6.83. The second-order valence-electron chi connectivity index (χ2n) is 17.6. The summed E-state index contributed by atoms with van der Waals surface area (Å²) in [5, 5.41) is 4.81. The van der Waals surface area contributed by atoms with Crippen LogP contribution in [0.3, 0.4) is 0 Å². The number of fused-ring (bicyclic) bond motifs is 6. The van der Waals surface area contributed by atoms with Crippen LogP contribution in [0.1, 0.15) is 0 Å². The Hall–Kier alpha value is -6.07. The number of rotatable bonds is 5. The topological polar surface area (TPSA) is 56.7 Å². The van der Waals surface area contributed by atoms with Crippen LogP contribution >= 0.6 is 0 Å². The molecule has 10 rings (SSSR count). The Morgan fingerprint density at radius 2 is 0.758 bits per heavy atom. The maximum Gasteiger partial charge on any atom is 0.164 e. The van der Waals surface area contributed by atoms with Gasteiger partial charge in [-0.25, -0.2) is 15.0 Å². The predicted molar refractivity (Wildman–Crippen MR) is 301 cm³/mol. The van der Waals surface area contributed by atoms with Gasteiger partial charge in [-0.3, -0.25) is 0 Å². The first-order chi connectivity index (χ1) is 29.8. The molecule has 0 saturated heterocycles. The summed E-state index contributed by atoms with van der Waals surface area (Å²) in [5.41, 5.74) is 27.0. The molecule has 0 spiro atoms. The van der Waals surface area contributed by atoms with Gasteiger partial charge in [0.2, 0.25) is 0 Å². The van der Waals surface area contributed by atoms with Gasteiger partial charge in [-0.1, -0.05) is 110 Å². The first-order valence-electron chi connectivity index (χ1n) is 21.7. The molecule has 17 heteroatoms. The van der Waals surface area contributed by atoms with Crippen molar-refractivity contribution >= 4 is 203 Å². The van der Waals surface area contributed by atoms with Crippen LogP contribution in [0.25, 0.3) is 94.7 Å². The molecule has 3 aromatic heterocycles. The normalized spacial score (nSPS) is 11.7. The fourth-order valence-corrected chi connectivity index (χ4v) is 10.2. The average molecular weight is 783 g/mol. The van der Waals surface area contributed by atoms with Gasteiger partial charge in [0.05, 0.1) is 0 Å². The summed E-state index contributed by atoms with van der Waals surface area (Å²) in [6, 6.07) is 33.2. The van der Waals surface area contributed by atoms with E-state index in [1.807, 2.05) is 60.7 Å². The van der Waals surface area contributed by atoms with Gasteiger partial charge in [-0.2, -0.15) is 0 Å². The van der Waals surface area contributed by atoms with E-state index in [0.717, 1.165) is 44.3 Å². The van der Waals surface area contributed by atoms with E-state index in [4.69, 9.17) is 19.4 Å². The molecule has 7 aromatic carbocycles. The highest BCUT2D eigenvalue weighted by Gasteiger charge is 2.27. The Balaban J connectivity index is 1.20. The van der Waals surface area contributed by atoms with E-state index in [9.17, 15) is 0 Å². The van der Waals surface area contributed by atoms with E-state index in [2.05, 4.69) is 135 Å². The molecule has 0 fully saturated rings. The van der Waals surface area contributed by atoms with Crippen LogP contribution in [0, 0.1) is 0 Å². The average Bonchev–Trinajstić information content (AvgIpc) is 3.86. The van der Waals surface area contributed by atoms with Crippen molar-refractivity contribution in [2.75, 3.05) is 0 Å². The van der Waals surface area contributed by atoms with Crippen LogP contribution in [0.15, 0.2) is 101 Å². The monoisotopic (exact) mass is 784 g/mol. The quantitative estimate of drug-likeness (QED) is 0.163. The Morgan fingerprint density at radius 1 is 0.355 bits per heavy atom. The Bertz CT molecular complexity index is 3470. The van der Waals surface area contributed by atoms with E-state index < -0.39 is 0 Å². The molecule has 0 aliphatic rings. The Morgan fingerprint density at radius 3 is 1.32 bits per heavy atom. The molecule has 0 bridgehead atoms. The van der Waals surface area contributed by atoms with Gasteiger partial charge in [-0.05, 0) is 40.8 Å². The summed E-state index contributed by atoms with van der Waals surface area (Å²) in [4.78, 5) is 14.9. The van der Waals surface area contributed by atoms with Crippen LogP contribution in [0.4, 0.5) is 0 Å². The molecule has 5 nitrogen and oxygen atoms in total. The molecule has 0 aliphatic heterocycles. The van der Waals surface area contributed by atoms with Crippen molar-refractivity contribution in [3.8, 4) is 51.0 Å². The summed E-state index contributed by atoms with van der Waals surface area (Å²) < 4.78 is 9.36. The zero-order chi connectivity index (χ0) is 43.5. The lowest BCUT2D eigenvalue weighted by Gasteiger charge is -2.25. The number of benzene rings is 7. The minimum atomic E-state index is 0.601. The standard InChI is InChI=1S/C45H40B12N4O/c46-29-25(26-30(47)34(51)37(54)35(52)31(26)48)32(49)39(56)41-27(29)28-33(50)36(53)38(55)40(57)42(28)61(41)20-12-14-22-21-13-11-19(15-23(21)62-24(22)16-20)45-59-43(17-7-3-1-4-8-17)58-44(60-45)18-9-5-2-6-10-18/h1-16H,46-57H2. The van der Waals surface area contributed by atoms with Crippen LogP contribution in [-0.4, -0.2) is 114 Å². The molecule has 10 aromatic rings. The van der Waals surface area contributed by atoms with Gasteiger partial charge in [0.25, 0.3) is 0 Å². The molecule has 0 atom stereocenters. The smallest absolute Gasteiger partial charge is 0.164 e. The van der Waals surface area contributed by atoms with Crippen molar-refractivity contribution in [3.63, 3.8) is 0 Å². The van der Waals surface area contributed by atoms with Crippen molar-refractivity contribution in [1.29, 1.82) is 0 Å². The van der Waals surface area contributed by atoms with Gasteiger partial charge in [0.15, 0.2) is 17.5 Å². The van der Waals surface area contributed by atoms with Gasteiger partial charge in [-0.15, -0.1) is 21.9 Å². The number of furan rings is 1. The zero-order valence-corrected chi connectivity index (χ0v) is 37.9. The molecule has 0 amide bonds. The van der Waals surface area contributed by atoms with Crippen LogP contribution in [0.5, 0.6) is 0 Å². The lowest BCUT2D eigenvalue weighted by Crippen LogP contribution is -2.56. The molecule has 62 heavy (non-hydrogen) atoms. The minimum absolute atomic E-state index is 0.601. The first-order valence-corrected chi connectivity index (χ1v) is 21.7. The first kappa shape index (κ1) is 40.0. The molecular weight excluding hydrogens is 742 g/mol. The van der Waals surface area contributed by atoms with Gasteiger partial charge in [0.1, 0.15) is 105 Å². The van der Waals surface area contributed by atoms with E-state index in [0.29, 0.717) is 17.5 Å². The SMILES string of the molecule is Bc1c(B)c(B)c(-c2c(B)c(B)c3c(c2B)c2c(B)c(B)c(B)c(B)c2n3-c2ccc3c(c2)oc2cc(-c4nc(-c5ccccc5)nc(-c5ccccc5)n4)ccc23)c(B)c1B. The minimum Gasteiger partial charge on any atom is -0.456 e. The fourth-order valence-electron chi connectivity index (χ4n) is 10.2. The third kappa shape index (κ3) is 5.91. The van der Waals surface area contributed by atoms with Crippen molar-refractivity contribution < 1.29 is 4.42 Å². The van der Waals surface area contributed by atoms with E-state index in [1.54, 1.807) is 0 Å². The van der Waals surface area contributed by atoms with E-state index in [1.165, 1.54) is 98.5 Å². The second-order valence-corrected chi connectivity index (χ2v) is 17.6. The lowest BCUT2D eigenvalue weighted by molar-refractivity contribution is 0.668. The van der Waals surface area contributed by atoms with Gasteiger partial charge in [0, 0.05) is 55.6 Å². The van der Waals surface area contributed by atoms with Crippen LogP contribution < -0.4 is 65.6 Å². The molecular formula is C45H40B12N4O. The Kier molecular flexibility index (Phi) is 9.55. The summed E-state index contributed by atoms with van der Waals surface area (Å²) >= 11 is 0. The number of hydrogen-bond donors (Lipinski definition) is 0. The molecule has 0 N–H and O–H groups in total.